The Hall–Kier alpha value is -3.67. The summed E-state index contributed by atoms with van der Waals surface area (Å²) in [6.07, 6.45) is 1.82. The molecule has 6 heteroatoms. The quantitative estimate of drug-likeness (QED) is 0.537. The molecule has 4 aromatic rings. The SMILES string of the molecule is Cc1cc(NC(=O)c2cn(Cc3ccccc3)nc2-c2ccc(C)c(C)c2)n(C)n1. The number of carbonyl (C=O) groups excluding carboxylic acids is 1. The predicted molar refractivity (Wildman–Crippen MR) is 119 cm³/mol. The van der Waals surface area contributed by atoms with E-state index in [0.717, 1.165) is 16.8 Å². The van der Waals surface area contributed by atoms with Crippen molar-refractivity contribution in [1.82, 2.24) is 19.6 Å². The number of nitrogens with one attached hydrogen (secondary N) is 1. The van der Waals surface area contributed by atoms with Crippen LogP contribution in [-0.2, 0) is 13.6 Å². The first kappa shape index (κ1) is 19.6. The number of aromatic nitrogens is 4. The van der Waals surface area contributed by atoms with Gasteiger partial charge in [0.15, 0.2) is 0 Å². The predicted octanol–water partition coefficient (Wildman–Crippen LogP) is 4.51. The summed E-state index contributed by atoms with van der Waals surface area (Å²) in [5.41, 5.74) is 6.48. The van der Waals surface area contributed by atoms with Crippen molar-refractivity contribution in [2.45, 2.75) is 27.3 Å². The van der Waals surface area contributed by atoms with Gasteiger partial charge in [-0.2, -0.15) is 10.2 Å². The lowest BCUT2D eigenvalue weighted by Crippen LogP contribution is -2.15. The lowest BCUT2D eigenvalue weighted by molar-refractivity contribution is 0.102. The molecule has 0 saturated heterocycles. The van der Waals surface area contributed by atoms with Gasteiger partial charge in [-0.15, -0.1) is 0 Å². The Morgan fingerprint density at radius 3 is 2.40 bits per heavy atom. The van der Waals surface area contributed by atoms with E-state index in [4.69, 9.17) is 5.10 Å². The maximum absolute atomic E-state index is 13.2. The molecule has 0 spiro atoms. The molecular formula is C24H25N5O. The van der Waals surface area contributed by atoms with Gasteiger partial charge in [0.05, 0.1) is 17.8 Å². The van der Waals surface area contributed by atoms with Gasteiger partial charge >= 0.3 is 0 Å². The molecule has 0 atom stereocenters. The van der Waals surface area contributed by atoms with Gasteiger partial charge in [-0.3, -0.25) is 14.2 Å². The summed E-state index contributed by atoms with van der Waals surface area (Å²) in [5.74, 6) is 0.449. The molecule has 0 radical (unpaired) electrons. The minimum atomic E-state index is -0.203. The van der Waals surface area contributed by atoms with Crippen molar-refractivity contribution in [2.24, 2.45) is 7.05 Å². The Morgan fingerprint density at radius 2 is 1.73 bits per heavy atom. The highest BCUT2D eigenvalue weighted by Gasteiger charge is 2.20. The zero-order valence-corrected chi connectivity index (χ0v) is 17.7. The van der Waals surface area contributed by atoms with E-state index < -0.39 is 0 Å². The molecule has 0 aliphatic rings. The molecule has 2 aromatic carbocycles. The minimum Gasteiger partial charge on any atom is -0.307 e. The van der Waals surface area contributed by atoms with Crippen LogP contribution < -0.4 is 5.32 Å². The molecule has 0 aliphatic heterocycles. The molecule has 152 valence electrons. The molecule has 2 heterocycles. The first-order chi connectivity index (χ1) is 14.4. The standard InChI is InChI=1S/C24H25N5O/c1-16-10-11-20(12-17(16)2)23-21(24(30)25-22-13-18(3)26-28(22)4)15-29(27-23)14-19-8-6-5-7-9-19/h5-13,15H,14H2,1-4H3,(H,25,30). The van der Waals surface area contributed by atoms with Crippen LogP contribution in [0.2, 0.25) is 0 Å². The minimum absolute atomic E-state index is 0.203. The first-order valence-corrected chi connectivity index (χ1v) is 9.91. The summed E-state index contributed by atoms with van der Waals surface area (Å²) in [4.78, 5) is 13.2. The van der Waals surface area contributed by atoms with Gasteiger partial charge in [0.25, 0.3) is 5.91 Å². The number of anilines is 1. The maximum Gasteiger partial charge on any atom is 0.260 e. The molecule has 0 bridgehead atoms. The molecule has 2 aromatic heterocycles. The molecule has 0 saturated carbocycles. The Kier molecular flexibility index (Phi) is 5.23. The van der Waals surface area contributed by atoms with E-state index in [0.29, 0.717) is 23.6 Å². The molecule has 1 amide bonds. The summed E-state index contributed by atoms with van der Waals surface area (Å²) < 4.78 is 3.49. The maximum atomic E-state index is 13.2. The Balaban J connectivity index is 1.73. The van der Waals surface area contributed by atoms with Crippen molar-refractivity contribution in [2.75, 3.05) is 5.32 Å². The van der Waals surface area contributed by atoms with Crippen LogP contribution >= 0.6 is 0 Å². The van der Waals surface area contributed by atoms with Gasteiger partial charge in [-0.25, -0.2) is 0 Å². The summed E-state index contributed by atoms with van der Waals surface area (Å²) in [6, 6.07) is 18.1. The smallest absolute Gasteiger partial charge is 0.260 e. The molecule has 0 unspecified atom stereocenters. The van der Waals surface area contributed by atoms with E-state index in [2.05, 4.69) is 48.5 Å². The molecule has 1 N–H and O–H groups in total. The molecule has 0 aliphatic carbocycles. The summed E-state index contributed by atoms with van der Waals surface area (Å²) in [5, 5.41) is 12.0. The fourth-order valence-electron chi connectivity index (χ4n) is 3.45. The van der Waals surface area contributed by atoms with Crippen LogP contribution in [0.25, 0.3) is 11.3 Å². The molecule has 0 fully saturated rings. The Bertz CT molecular complexity index is 1200. The van der Waals surface area contributed by atoms with E-state index in [9.17, 15) is 4.79 Å². The van der Waals surface area contributed by atoms with Gasteiger partial charge in [0.1, 0.15) is 11.5 Å². The second kappa shape index (κ2) is 7.99. The van der Waals surface area contributed by atoms with E-state index >= 15 is 0 Å². The van der Waals surface area contributed by atoms with Gasteiger partial charge in [0.2, 0.25) is 0 Å². The number of aryl methyl sites for hydroxylation is 4. The highest BCUT2D eigenvalue weighted by atomic mass is 16.1. The van der Waals surface area contributed by atoms with Crippen molar-refractivity contribution < 1.29 is 4.79 Å². The van der Waals surface area contributed by atoms with Gasteiger partial charge < -0.3 is 5.32 Å². The lowest BCUT2D eigenvalue weighted by Gasteiger charge is -2.07. The second-order valence-electron chi connectivity index (χ2n) is 7.62. The fourth-order valence-corrected chi connectivity index (χ4v) is 3.45. The topological polar surface area (TPSA) is 64.7 Å². The van der Waals surface area contributed by atoms with E-state index in [1.54, 1.807) is 4.68 Å². The van der Waals surface area contributed by atoms with Crippen molar-refractivity contribution in [3.63, 3.8) is 0 Å². The van der Waals surface area contributed by atoms with E-state index in [-0.39, 0.29) is 5.91 Å². The number of hydrogen-bond donors (Lipinski definition) is 1. The molecule has 30 heavy (non-hydrogen) atoms. The molecule has 4 rings (SSSR count). The van der Waals surface area contributed by atoms with Gasteiger partial charge in [-0.05, 0) is 43.5 Å². The third kappa shape index (κ3) is 4.03. The van der Waals surface area contributed by atoms with E-state index in [1.165, 1.54) is 11.1 Å². The number of benzene rings is 2. The van der Waals surface area contributed by atoms with Crippen molar-refractivity contribution in [3.8, 4) is 11.3 Å². The number of carbonyl (C=O) groups is 1. The second-order valence-corrected chi connectivity index (χ2v) is 7.62. The number of hydrogen-bond acceptors (Lipinski definition) is 3. The summed E-state index contributed by atoms with van der Waals surface area (Å²) in [7, 11) is 1.81. The monoisotopic (exact) mass is 399 g/mol. The highest BCUT2D eigenvalue weighted by molar-refractivity contribution is 6.07. The fraction of sp³-hybridized carbons (Fsp3) is 0.208. The van der Waals surface area contributed by atoms with Crippen molar-refractivity contribution in [1.29, 1.82) is 0 Å². The van der Waals surface area contributed by atoms with Gasteiger partial charge in [-0.1, -0.05) is 42.5 Å². The van der Waals surface area contributed by atoms with Crippen molar-refractivity contribution in [3.05, 3.63) is 88.7 Å². The Labute approximate surface area is 176 Å². The van der Waals surface area contributed by atoms with Gasteiger partial charge in [0, 0.05) is 24.9 Å². The van der Waals surface area contributed by atoms with Crippen LogP contribution in [-0.4, -0.2) is 25.5 Å². The van der Waals surface area contributed by atoms with Crippen LogP contribution in [0.1, 0.15) is 32.7 Å². The van der Waals surface area contributed by atoms with Crippen LogP contribution in [0.5, 0.6) is 0 Å². The van der Waals surface area contributed by atoms with Crippen LogP contribution in [0, 0.1) is 20.8 Å². The first-order valence-electron chi connectivity index (χ1n) is 9.91. The van der Waals surface area contributed by atoms with Crippen molar-refractivity contribution >= 4 is 11.7 Å². The average Bonchev–Trinajstić information content (AvgIpc) is 3.27. The van der Waals surface area contributed by atoms with Crippen LogP contribution in [0.4, 0.5) is 5.82 Å². The number of amides is 1. The largest absolute Gasteiger partial charge is 0.307 e. The van der Waals surface area contributed by atoms with E-state index in [1.807, 2.05) is 55.2 Å². The third-order valence-corrected chi connectivity index (χ3v) is 5.22. The summed E-state index contributed by atoms with van der Waals surface area (Å²) in [6.45, 7) is 6.63. The number of rotatable bonds is 5. The summed E-state index contributed by atoms with van der Waals surface area (Å²) >= 11 is 0. The lowest BCUT2D eigenvalue weighted by atomic mass is 10.0. The zero-order chi connectivity index (χ0) is 21.3. The third-order valence-electron chi connectivity index (χ3n) is 5.22. The van der Waals surface area contributed by atoms with Crippen LogP contribution in [0.15, 0.2) is 60.8 Å². The average molecular weight is 399 g/mol. The highest BCUT2D eigenvalue weighted by Crippen LogP contribution is 2.26. The normalized spacial score (nSPS) is 10.9. The Morgan fingerprint density at radius 1 is 0.967 bits per heavy atom. The number of nitrogens with zero attached hydrogens (tertiary/aromatic N) is 4. The van der Waals surface area contributed by atoms with Crippen LogP contribution in [0.3, 0.4) is 0 Å². The zero-order valence-electron chi connectivity index (χ0n) is 17.7. The molecule has 6 nitrogen and oxygen atoms in total. The molecular weight excluding hydrogens is 374 g/mol.